The quantitative estimate of drug-likeness (QED) is 0.571. The van der Waals surface area contributed by atoms with Gasteiger partial charge in [0.15, 0.2) is 0 Å². The average molecular weight is 370 g/mol. The second-order valence-corrected chi connectivity index (χ2v) is 5.35. The Balaban J connectivity index is 2.15. The number of carbonyl (C=O) groups is 1. The molecule has 0 unspecified atom stereocenters. The minimum Gasteiger partial charge on any atom is -0.492 e. The molecule has 0 fully saturated rings. The van der Waals surface area contributed by atoms with Crippen molar-refractivity contribution in [1.29, 1.82) is 0 Å². The van der Waals surface area contributed by atoms with Gasteiger partial charge in [-0.2, -0.15) is 0 Å². The van der Waals surface area contributed by atoms with E-state index in [4.69, 9.17) is 27.9 Å². The number of benzene rings is 1. The second kappa shape index (κ2) is 9.28. The van der Waals surface area contributed by atoms with Gasteiger partial charge in [0.1, 0.15) is 5.75 Å². The number of nitrogens with one attached hydrogen (secondary N) is 2. The van der Waals surface area contributed by atoms with Crippen LogP contribution in [0, 0.1) is 0 Å². The number of hydrogen-bond donors (Lipinski definition) is 2. The fourth-order valence-electron chi connectivity index (χ4n) is 1.27. The minimum absolute atomic E-state index is 0.220. The summed E-state index contributed by atoms with van der Waals surface area (Å²) in [5.74, 6) is 1.04. The SMILES string of the molecule is O=C(NCCCl)NCCCOc1ccc(Br)cc1Cl. The molecule has 4 nitrogen and oxygen atoms in total. The predicted molar refractivity (Wildman–Crippen MR) is 81.4 cm³/mol. The highest BCUT2D eigenvalue weighted by atomic mass is 79.9. The van der Waals surface area contributed by atoms with Gasteiger partial charge in [0.2, 0.25) is 0 Å². The van der Waals surface area contributed by atoms with Gasteiger partial charge in [-0.25, -0.2) is 4.79 Å². The van der Waals surface area contributed by atoms with Crippen molar-refractivity contribution in [3.8, 4) is 5.75 Å². The van der Waals surface area contributed by atoms with E-state index in [1.165, 1.54) is 0 Å². The van der Waals surface area contributed by atoms with Gasteiger partial charge in [0, 0.05) is 23.4 Å². The maximum absolute atomic E-state index is 11.2. The third-order valence-electron chi connectivity index (χ3n) is 2.14. The van der Waals surface area contributed by atoms with Crippen LogP contribution in [-0.4, -0.2) is 31.6 Å². The molecule has 0 saturated carbocycles. The minimum atomic E-state index is -0.220. The lowest BCUT2D eigenvalue weighted by atomic mass is 10.3. The highest BCUT2D eigenvalue weighted by Crippen LogP contribution is 2.27. The van der Waals surface area contributed by atoms with Crippen molar-refractivity contribution in [2.75, 3.05) is 25.6 Å². The van der Waals surface area contributed by atoms with Crippen molar-refractivity contribution >= 4 is 45.2 Å². The van der Waals surface area contributed by atoms with Crippen molar-refractivity contribution in [1.82, 2.24) is 10.6 Å². The van der Waals surface area contributed by atoms with E-state index in [0.717, 1.165) is 4.47 Å². The van der Waals surface area contributed by atoms with Crippen LogP contribution >= 0.6 is 39.1 Å². The third-order valence-corrected chi connectivity index (χ3v) is 3.12. The first kappa shape index (κ1) is 16.4. The van der Waals surface area contributed by atoms with Crippen LogP contribution in [0.15, 0.2) is 22.7 Å². The summed E-state index contributed by atoms with van der Waals surface area (Å²) >= 11 is 14.8. The van der Waals surface area contributed by atoms with Crippen LogP contribution in [0.5, 0.6) is 5.75 Å². The molecular formula is C12H15BrCl2N2O2. The predicted octanol–water partition coefficient (Wildman–Crippen LogP) is 3.41. The van der Waals surface area contributed by atoms with E-state index in [0.29, 0.717) is 42.8 Å². The zero-order valence-corrected chi connectivity index (χ0v) is 13.3. The fraction of sp³-hybridized carbons (Fsp3) is 0.417. The van der Waals surface area contributed by atoms with Gasteiger partial charge in [-0.15, -0.1) is 11.6 Å². The maximum Gasteiger partial charge on any atom is 0.314 e. The number of alkyl halides is 1. The van der Waals surface area contributed by atoms with Crippen LogP contribution in [0.3, 0.4) is 0 Å². The maximum atomic E-state index is 11.2. The first-order valence-corrected chi connectivity index (χ1v) is 7.49. The van der Waals surface area contributed by atoms with Gasteiger partial charge in [-0.1, -0.05) is 27.5 Å². The Morgan fingerprint density at radius 3 is 2.74 bits per heavy atom. The molecule has 0 saturated heterocycles. The third kappa shape index (κ3) is 6.89. The first-order valence-electron chi connectivity index (χ1n) is 5.79. The largest absolute Gasteiger partial charge is 0.492 e. The lowest BCUT2D eigenvalue weighted by molar-refractivity contribution is 0.239. The Kier molecular flexibility index (Phi) is 8.02. The van der Waals surface area contributed by atoms with Gasteiger partial charge in [-0.3, -0.25) is 0 Å². The summed E-state index contributed by atoms with van der Waals surface area (Å²) in [6, 6.07) is 5.21. The number of urea groups is 1. The van der Waals surface area contributed by atoms with E-state index < -0.39 is 0 Å². The van der Waals surface area contributed by atoms with Crippen LogP contribution in [0.2, 0.25) is 5.02 Å². The number of amides is 2. The monoisotopic (exact) mass is 368 g/mol. The molecule has 0 aliphatic carbocycles. The van der Waals surface area contributed by atoms with E-state index >= 15 is 0 Å². The Bertz CT molecular complexity index is 419. The lowest BCUT2D eigenvalue weighted by Crippen LogP contribution is -2.37. The molecule has 0 radical (unpaired) electrons. The van der Waals surface area contributed by atoms with Crippen LogP contribution in [-0.2, 0) is 0 Å². The topological polar surface area (TPSA) is 50.4 Å². The Morgan fingerprint density at radius 1 is 1.32 bits per heavy atom. The van der Waals surface area contributed by atoms with Crippen molar-refractivity contribution in [3.63, 3.8) is 0 Å². The molecule has 0 aromatic heterocycles. The zero-order valence-electron chi connectivity index (χ0n) is 10.2. The summed E-state index contributed by atoms with van der Waals surface area (Å²) < 4.78 is 6.41. The molecule has 0 aliphatic heterocycles. The molecule has 0 aliphatic rings. The van der Waals surface area contributed by atoms with E-state index in [2.05, 4.69) is 26.6 Å². The molecule has 2 amide bonds. The molecule has 0 spiro atoms. The highest BCUT2D eigenvalue weighted by Gasteiger charge is 2.02. The van der Waals surface area contributed by atoms with Gasteiger partial charge >= 0.3 is 6.03 Å². The van der Waals surface area contributed by atoms with Crippen LogP contribution < -0.4 is 15.4 Å². The van der Waals surface area contributed by atoms with E-state index in [1.807, 2.05) is 6.07 Å². The van der Waals surface area contributed by atoms with Crippen molar-refractivity contribution in [2.45, 2.75) is 6.42 Å². The standard InChI is InChI=1S/C12H15BrCl2N2O2/c13-9-2-3-11(10(15)8-9)19-7-1-5-16-12(18)17-6-4-14/h2-3,8H,1,4-7H2,(H2,16,17,18). The van der Waals surface area contributed by atoms with Crippen molar-refractivity contribution in [2.24, 2.45) is 0 Å². The van der Waals surface area contributed by atoms with Gasteiger partial charge in [0.25, 0.3) is 0 Å². The van der Waals surface area contributed by atoms with Crippen molar-refractivity contribution < 1.29 is 9.53 Å². The van der Waals surface area contributed by atoms with Gasteiger partial charge in [-0.05, 0) is 24.6 Å². The number of rotatable bonds is 7. The molecule has 0 atom stereocenters. The molecule has 1 aromatic carbocycles. The van der Waals surface area contributed by atoms with E-state index in [1.54, 1.807) is 12.1 Å². The Labute approximate surface area is 130 Å². The number of carbonyl (C=O) groups excluding carboxylic acids is 1. The molecule has 1 rings (SSSR count). The molecular weight excluding hydrogens is 355 g/mol. The summed E-state index contributed by atoms with van der Waals surface area (Å²) in [5.41, 5.74) is 0. The molecule has 0 bridgehead atoms. The van der Waals surface area contributed by atoms with Crippen LogP contribution in [0.25, 0.3) is 0 Å². The average Bonchev–Trinajstić information content (AvgIpc) is 2.38. The molecule has 19 heavy (non-hydrogen) atoms. The van der Waals surface area contributed by atoms with E-state index in [9.17, 15) is 4.79 Å². The second-order valence-electron chi connectivity index (χ2n) is 3.65. The molecule has 1 aromatic rings. The van der Waals surface area contributed by atoms with Crippen LogP contribution in [0.1, 0.15) is 6.42 Å². The summed E-state index contributed by atoms with van der Waals surface area (Å²) in [5, 5.41) is 5.86. The Morgan fingerprint density at radius 2 is 2.05 bits per heavy atom. The highest BCUT2D eigenvalue weighted by molar-refractivity contribution is 9.10. The number of halogens is 3. The summed E-state index contributed by atoms with van der Waals surface area (Å²) in [6.07, 6.45) is 0.695. The summed E-state index contributed by atoms with van der Waals surface area (Å²) in [4.78, 5) is 11.2. The van der Waals surface area contributed by atoms with Crippen molar-refractivity contribution in [3.05, 3.63) is 27.7 Å². The number of ether oxygens (including phenoxy) is 1. The first-order chi connectivity index (χ1) is 9.13. The fourth-order valence-corrected chi connectivity index (χ4v) is 2.09. The molecule has 7 heteroatoms. The molecule has 0 heterocycles. The smallest absolute Gasteiger partial charge is 0.314 e. The summed E-state index contributed by atoms with van der Waals surface area (Å²) in [7, 11) is 0. The van der Waals surface area contributed by atoms with Crippen LogP contribution in [0.4, 0.5) is 4.79 Å². The number of hydrogen-bond acceptors (Lipinski definition) is 2. The van der Waals surface area contributed by atoms with Gasteiger partial charge < -0.3 is 15.4 Å². The Hall–Kier alpha value is -0.650. The zero-order chi connectivity index (χ0) is 14.1. The molecule has 2 N–H and O–H groups in total. The molecule has 106 valence electrons. The normalized spacial score (nSPS) is 10.1. The summed E-state index contributed by atoms with van der Waals surface area (Å²) in [6.45, 7) is 1.47. The van der Waals surface area contributed by atoms with Gasteiger partial charge in [0.05, 0.1) is 11.6 Å². The lowest BCUT2D eigenvalue weighted by Gasteiger charge is -2.09. The van der Waals surface area contributed by atoms with E-state index in [-0.39, 0.29) is 6.03 Å².